The molecule has 1 fully saturated rings. The van der Waals surface area contributed by atoms with Crippen LogP contribution in [0.5, 0.6) is 0 Å². The third kappa shape index (κ3) is 4.49. The number of carbonyl (C=O) groups excluding carboxylic acids is 2. The highest BCUT2D eigenvalue weighted by Crippen LogP contribution is 2.44. The Hall–Kier alpha value is -4.14. The smallest absolute Gasteiger partial charge is 0.407 e. The lowest BCUT2D eigenvalue weighted by Crippen LogP contribution is -2.37. The van der Waals surface area contributed by atoms with Crippen molar-refractivity contribution in [1.82, 2.24) is 20.4 Å². The molecular weight excluding hydrogens is 448 g/mol. The first kappa shape index (κ1) is 22.6. The number of carboxylic acid groups (broad SMARTS) is 1. The minimum absolute atomic E-state index is 0.0208. The zero-order valence-electron chi connectivity index (χ0n) is 19.2. The Morgan fingerprint density at radius 1 is 1.09 bits per heavy atom. The van der Waals surface area contributed by atoms with Crippen LogP contribution in [-0.4, -0.2) is 46.0 Å². The van der Waals surface area contributed by atoms with Crippen molar-refractivity contribution in [2.24, 2.45) is 18.9 Å². The molecule has 2 aliphatic carbocycles. The molecule has 9 nitrogen and oxygen atoms in total. The number of fused-ring (bicyclic) bond motifs is 3. The maximum absolute atomic E-state index is 12.6. The largest absolute Gasteiger partial charge is 0.479 e. The molecule has 2 aromatic carbocycles. The summed E-state index contributed by atoms with van der Waals surface area (Å²) in [4.78, 5) is 36.6. The molecule has 1 heterocycles. The molecule has 0 bridgehead atoms. The second-order valence-corrected chi connectivity index (χ2v) is 8.97. The summed E-state index contributed by atoms with van der Waals surface area (Å²) >= 11 is 0. The highest BCUT2D eigenvalue weighted by molar-refractivity contribution is 5.87. The highest BCUT2D eigenvalue weighted by atomic mass is 16.5. The molecule has 1 aromatic heterocycles. The van der Waals surface area contributed by atoms with Crippen molar-refractivity contribution in [2.45, 2.75) is 18.4 Å². The minimum Gasteiger partial charge on any atom is -0.479 e. The van der Waals surface area contributed by atoms with Crippen LogP contribution in [0.25, 0.3) is 11.1 Å². The van der Waals surface area contributed by atoms with Gasteiger partial charge in [-0.15, -0.1) is 0 Å². The molecule has 1 unspecified atom stereocenters. The number of carboxylic acids is 1. The standard InChI is InChI=1S/C26H26N4O5/c1-30-22(10-11-28-30)23(25(32)33)29-24(31)20-12-15(20)13-27-26(34)35-14-21-18-8-4-2-6-16(18)17-7-3-5-9-19(17)21/h2-11,15,20-21,23H,12-14H2,1H3,(H,27,34)(H,29,31)(H,32,33)/t15-,20-,23?/m0/s1. The van der Waals surface area contributed by atoms with Crippen LogP contribution in [0, 0.1) is 11.8 Å². The maximum Gasteiger partial charge on any atom is 0.407 e. The fourth-order valence-corrected chi connectivity index (χ4v) is 4.84. The molecule has 9 heteroatoms. The van der Waals surface area contributed by atoms with E-state index in [0.717, 1.165) is 22.3 Å². The molecular formula is C26H26N4O5. The number of hydrogen-bond acceptors (Lipinski definition) is 5. The van der Waals surface area contributed by atoms with Crippen LogP contribution in [0.4, 0.5) is 4.79 Å². The first-order valence-electron chi connectivity index (χ1n) is 11.5. The van der Waals surface area contributed by atoms with E-state index in [9.17, 15) is 19.5 Å². The van der Waals surface area contributed by atoms with E-state index in [1.165, 1.54) is 10.9 Å². The maximum atomic E-state index is 12.6. The van der Waals surface area contributed by atoms with Gasteiger partial charge in [0, 0.05) is 31.6 Å². The number of rotatable bonds is 8. The molecule has 3 N–H and O–H groups in total. The van der Waals surface area contributed by atoms with Crippen LogP contribution in [0.3, 0.4) is 0 Å². The van der Waals surface area contributed by atoms with Crippen molar-refractivity contribution in [3.8, 4) is 11.1 Å². The topological polar surface area (TPSA) is 123 Å². The van der Waals surface area contributed by atoms with E-state index in [1.807, 2.05) is 24.3 Å². The second kappa shape index (κ2) is 9.25. The Balaban J connectivity index is 1.11. The molecule has 3 atom stereocenters. The molecule has 2 aliphatic rings. The fourth-order valence-electron chi connectivity index (χ4n) is 4.84. The third-order valence-electron chi connectivity index (χ3n) is 6.80. The monoisotopic (exact) mass is 474 g/mol. The molecule has 0 radical (unpaired) electrons. The zero-order chi connectivity index (χ0) is 24.5. The van der Waals surface area contributed by atoms with Crippen LogP contribution in [0.15, 0.2) is 60.8 Å². The minimum atomic E-state index is -1.17. The summed E-state index contributed by atoms with van der Waals surface area (Å²) in [7, 11) is 1.62. The number of alkyl carbamates (subject to hydrolysis) is 1. The van der Waals surface area contributed by atoms with Crippen molar-refractivity contribution >= 4 is 18.0 Å². The number of hydrogen-bond donors (Lipinski definition) is 3. The van der Waals surface area contributed by atoms with E-state index in [2.05, 4.69) is 40.0 Å². The predicted molar refractivity (Wildman–Crippen MR) is 126 cm³/mol. The Kier molecular flexibility index (Phi) is 5.98. The molecule has 35 heavy (non-hydrogen) atoms. The molecule has 0 saturated heterocycles. The summed E-state index contributed by atoms with van der Waals surface area (Å²) in [5, 5.41) is 18.8. The number of nitrogens with zero attached hydrogens (tertiary/aromatic N) is 2. The van der Waals surface area contributed by atoms with Gasteiger partial charge in [-0.05, 0) is 40.7 Å². The van der Waals surface area contributed by atoms with Gasteiger partial charge in [-0.1, -0.05) is 48.5 Å². The van der Waals surface area contributed by atoms with Crippen molar-refractivity contribution in [2.75, 3.05) is 13.2 Å². The lowest BCUT2D eigenvalue weighted by Gasteiger charge is -2.15. The summed E-state index contributed by atoms with van der Waals surface area (Å²) in [6, 6.07) is 16.6. The zero-order valence-corrected chi connectivity index (χ0v) is 19.2. The van der Waals surface area contributed by atoms with Crippen molar-refractivity contribution in [3.63, 3.8) is 0 Å². The van der Waals surface area contributed by atoms with Crippen molar-refractivity contribution < 1.29 is 24.2 Å². The summed E-state index contributed by atoms with van der Waals surface area (Å²) in [5.74, 6) is -1.93. The van der Waals surface area contributed by atoms with Crippen LogP contribution in [0.1, 0.15) is 35.2 Å². The summed E-state index contributed by atoms with van der Waals surface area (Å²) in [6.45, 7) is 0.512. The molecule has 2 amide bonds. The quantitative estimate of drug-likeness (QED) is 0.461. The van der Waals surface area contributed by atoms with Gasteiger partial charge in [0.1, 0.15) is 6.61 Å². The first-order chi connectivity index (χ1) is 16.9. The third-order valence-corrected chi connectivity index (χ3v) is 6.80. The lowest BCUT2D eigenvalue weighted by atomic mass is 9.98. The normalized spacial score (nSPS) is 18.8. The van der Waals surface area contributed by atoms with Gasteiger partial charge < -0.3 is 20.5 Å². The number of nitrogens with one attached hydrogen (secondary N) is 2. The van der Waals surface area contributed by atoms with Gasteiger partial charge in [-0.2, -0.15) is 5.10 Å². The van der Waals surface area contributed by atoms with Crippen LogP contribution >= 0.6 is 0 Å². The Labute approximate surface area is 202 Å². The summed E-state index contributed by atoms with van der Waals surface area (Å²) in [5.41, 5.74) is 4.99. The average molecular weight is 475 g/mol. The van der Waals surface area contributed by atoms with E-state index in [4.69, 9.17) is 4.74 Å². The Morgan fingerprint density at radius 2 is 1.74 bits per heavy atom. The number of carbonyl (C=O) groups is 3. The SMILES string of the molecule is Cn1nccc1C(NC(=O)[C@H]1C[C@H]1CNC(=O)OCC1c2ccccc2-c2ccccc21)C(=O)O. The first-order valence-corrected chi connectivity index (χ1v) is 11.5. The average Bonchev–Trinajstić information content (AvgIpc) is 3.41. The van der Waals surface area contributed by atoms with Gasteiger partial charge in [0.25, 0.3) is 0 Å². The van der Waals surface area contributed by atoms with Gasteiger partial charge in [-0.3, -0.25) is 9.48 Å². The fraction of sp³-hybridized carbons (Fsp3) is 0.308. The number of benzene rings is 2. The molecule has 3 aromatic rings. The van der Waals surface area contributed by atoms with Crippen LogP contribution in [-0.2, 0) is 21.4 Å². The predicted octanol–water partition coefficient (Wildman–Crippen LogP) is 2.84. The van der Waals surface area contributed by atoms with Gasteiger partial charge in [0.05, 0.1) is 5.69 Å². The number of aryl methyl sites for hydroxylation is 1. The van der Waals surface area contributed by atoms with Gasteiger partial charge in [0.2, 0.25) is 5.91 Å². The molecule has 5 rings (SSSR count). The second-order valence-electron chi connectivity index (χ2n) is 8.97. The van der Waals surface area contributed by atoms with E-state index in [-0.39, 0.29) is 36.8 Å². The van der Waals surface area contributed by atoms with Crippen molar-refractivity contribution in [3.05, 3.63) is 77.6 Å². The van der Waals surface area contributed by atoms with E-state index >= 15 is 0 Å². The van der Waals surface area contributed by atoms with Gasteiger partial charge in [0.15, 0.2) is 6.04 Å². The number of aromatic nitrogens is 2. The van der Waals surface area contributed by atoms with Gasteiger partial charge >= 0.3 is 12.1 Å². The summed E-state index contributed by atoms with van der Waals surface area (Å²) < 4.78 is 6.95. The molecule has 0 spiro atoms. The van der Waals surface area contributed by atoms with Crippen LogP contribution < -0.4 is 10.6 Å². The highest BCUT2D eigenvalue weighted by Gasteiger charge is 2.44. The van der Waals surface area contributed by atoms with Gasteiger partial charge in [-0.25, -0.2) is 9.59 Å². The van der Waals surface area contributed by atoms with E-state index in [1.54, 1.807) is 13.1 Å². The number of amides is 2. The molecule has 0 aliphatic heterocycles. The van der Waals surface area contributed by atoms with Crippen molar-refractivity contribution in [1.29, 1.82) is 0 Å². The molecule has 180 valence electrons. The lowest BCUT2D eigenvalue weighted by molar-refractivity contribution is -0.142. The molecule has 1 saturated carbocycles. The number of aliphatic carboxylic acids is 1. The van der Waals surface area contributed by atoms with Crippen LogP contribution in [0.2, 0.25) is 0 Å². The Bertz CT molecular complexity index is 1240. The summed E-state index contributed by atoms with van der Waals surface area (Å²) in [6.07, 6.45) is 1.53. The van der Waals surface area contributed by atoms with E-state index in [0.29, 0.717) is 12.1 Å². The van der Waals surface area contributed by atoms with E-state index < -0.39 is 18.1 Å². The number of ether oxygens (including phenoxy) is 1. The Morgan fingerprint density at radius 3 is 2.34 bits per heavy atom.